The van der Waals surface area contributed by atoms with Gasteiger partial charge in [-0.25, -0.2) is 4.79 Å². The van der Waals surface area contributed by atoms with E-state index < -0.39 is 12.0 Å². The number of likely N-dealkylation sites (tertiary alicyclic amines) is 1. The predicted molar refractivity (Wildman–Crippen MR) is 70.9 cm³/mol. The van der Waals surface area contributed by atoms with E-state index in [9.17, 15) is 9.59 Å². The van der Waals surface area contributed by atoms with Crippen LogP contribution in [0.3, 0.4) is 0 Å². The lowest BCUT2D eigenvalue weighted by Gasteiger charge is -2.20. The zero-order valence-corrected chi connectivity index (χ0v) is 11.4. The fourth-order valence-corrected chi connectivity index (χ4v) is 3.20. The van der Waals surface area contributed by atoms with Gasteiger partial charge in [0.2, 0.25) is 5.91 Å². The third-order valence-electron chi connectivity index (χ3n) is 4.31. The lowest BCUT2D eigenvalue weighted by atomic mass is 10.2. The van der Waals surface area contributed by atoms with Gasteiger partial charge in [0, 0.05) is 12.6 Å². The maximum absolute atomic E-state index is 11.8. The Labute approximate surface area is 117 Å². The Morgan fingerprint density at radius 1 is 1.35 bits per heavy atom. The van der Waals surface area contributed by atoms with Crippen molar-refractivity contribution in [1.29, 1.82) is 0 Å². The molecule has 20 heavy (non-hydrogen) atoms. The summed E-state index contributed by atoms with van der Waals surface area (Å²) in [7, 11) is 0. The highest BCUT2D eigenvalue weighted by Crippen LogP contribution is 2.29. The van der Waals surface area contributed by atoms with Crippen LogP contribution in [0.2, 0.25) is 0 Å². The van der Waals surface area contributed by atoms with E-state index in [1.807, 2.05) is 16.9 Å². The Hall–Kier alpha value is -1.85. The molecule has 108 valence electrons. The van der Waals surface area contributed by atoms with Crippen LogP contribution in [0.25, 0.3) is 0 Å². The topological polar surface area (TPSA) is 75.4 Å². The lowest BCUT2D eigenvalue weighted by Crippen LogP contribution is -2.38. The molecule has 0 spiro atoms. The van der Waals surface area contributed by atoms with Crippen molar-refractivity contribution in [2.75, 3.05) is 0 Å². The van der Waals surface area contributed by atoms with Gasteiger partial charge in [-0.05, 0) is 25.3 Å². The number of aromatic nitrogens is 2. The second-order valence-corrected chi connectivity index (χ2v) is 5.64. The Morgan fingerprint density at radius 3 is 2.80 bits per heavy atom. The number of hydrogen-bond donors (Lipinski definition) is 1. The van der Waals surface area contributed by atoms with Gasteiger partial charge in [-0.3, -0.25) is 9.48 Å². The zero-order chi connectivity index (χ0) is 14.1. The molecule has 1 saturated carbocycles. The van der Waals surface area contributed by atoms with Crippen LogP contribution in [0.1, 0.15) is 50.3 Å². The molecule has 0 bridgehead atoms. The predicted octanol–water partition coefficient (Wildman–Crippen LogP) is 1.57. The average Bonchev–Trinajstić information content (AvgIpc) is 3.12. The van der Waals surface area contributed by atoms with E-state index in [2.05, 4.69) is 5.10 Å². The molecule has 1 N–H and O–H groups in total. The van der Waals surface area contributed by atoms with Crippen molar-refractivity contribution in [2.45, 2.75) is 57.2 Å². The SMILES string of the molecule is O=C(O)C1CCC(=O)N1Cc1ccn(C2CCCC2)n1. The second kappa shape index (κ2) is 5.26. The van der Waals surface area contributed by atoms with Gasteiger partial charge in [0.05, 0.1) is 18.3 Å². The van der Waals surface area contributed by atoms with Crippen LogP contribution in [0.4, 0.5) is 0 Å². The van der Waals surface area contributed by atoms with Gasteiger partial charge in [0.15, 0.2) is 0 Å². The first-order valence-electron chi connectivity index (χ1n) is 7.21. The summed E-state index contributed by atoms with van der Waals surface area (Å²) in [4.78, 5) is 24.4. The van der Waals surface area contributed by atoms with Crippen molar-refractivity contribution in [3.05, 3.63) is 18.0 Å². The third-order valence-corrected chi connectivity index (χ3v) is 4.31. The van der Waals surface area contributed by atoms with Crippen molar-refractivity contribution in [1.82, 2.24) is 14.7 Å². The molecule has 6 nitrogen and oxygen atoms in total. The van der Waals surface area contributed by atoms with Gasteiger partial charge in [0.1, 0.15) is 6.04 Å². The van der Waals surface area contributed by atoms with Crippen LogP contribution < -0.4 is 0 Å². The molecule has 0 radical (unpaired) electrons. The molecule has 6 heteroatoms. The Morgan fingerprint density at radius 2 is 2.10 bits per heavy atom. The van der Waals surface area contributed by atoms with Gasteiger partial charge in [-0.1, -0.05) is 12.8 Å². The minimum atomic E-state index is -0.925. The van der Waals surface area contributed by atoms with Crippen molar-refractivity contribution < 1.29 is 14.7 Å². The van der Waals surface area contributed by atoms with E-state index in [0.717, 1.165) is 18.5 Å². The van der Waals surface area contributed by atoms with Gasteiger partial charge < -0.3 is 10.0 Å². The number of carboxylic acid groups (broad SMARTS) is 1. The largest absolute Gasteiger partial charge is 0.480 e. The Balaban J connectivity index is 1.70. The maximum atomic E-state index is 11.8. The third kappa shape index (κ3) is 2.42. The molecule has 2 heterocycles. The standard InChI is InChI=1S/C14H19N3O3/c18-13-6-5-12(14(19)20)16(13)9-10-7-8-17(15-10)11-3-1-2-4-11/h7-8,11-12H,1-6,9H2,(H,19,20). The molecule has 1 saturated heterocycles. The highest BCUT2D eigenvalue weighted by molar-refractivity contribution is 5.87. The molecule has 1 aromatic rings. The minimum absolute atomic E-state index is 0.0900. The van der Waals surface area contributed by atoms with Crippen LogP contribution in [-0.2, 0) is 16.1 Å². The first-order chi connectivity index (χ1) is 9.65. The molecule has 3 rings (SSSR count). The summed E-state index contributed by atoms with van der Waals surface area (Å²) < 4.78 is 1.97. The number of hydrogen-bond acceptors (Lipinski definition) is 3. The van der Waals surface area contributed by atoms with E-state index in [1.165, 1.54) is 17.7 Å². The maximum Gasteiger partial charge on any atom is 0.326 e. The summed E-state index contributed by atoms with van der Waals surface area (Å²) in [6.45, 7) is 0.301. The van der Waals surface area contributed by atoms with Gasteiger partial charge in [0.25, 0.3) is 0 Å². The number of amides is 1. The molecule has 1 amide bonds. The Bertz CT molecular complexity index is 519. The normalized spacial score (nSPS) is 23.7. The quantitative estimate of drug-likeness (QED) is 0.906. The average molecular weight is 277 g/mol. The van der Waals surface area contributed by atoms with Crippen LogP contribution in [0, 0.1) is 0 Å². The fourth-order valence-electron chi connectivity index (χ4n) is 3.20. The van der Waals surface area contributed by atoms with Crippen molar-refractivity contribution in [2.24, 2.45) is 0 Å². The molecule has 1 aliphatic heterocycles. The summed E-state index contributed by atoms with van der Waals surface area (Å²) in [5.74, 6) is -1.01. The monoisotopic (exact) mass is 277 g/mol. The highest BCUT2D eigenvalue weighted by Gasteiger charge is 2.36. The molecule has 1 aliphatic carbocycles. The van der Waals surface area contributed by atoms with Crippen LogP contribution in [-0.4, -0.2) is 37.7 Å². The number of aliphatic carboxylic acids is 1. The van der Waals surface area contributed by atoms with E-state index in [-0.39, 0.29) is 5.91 Å². The van der Waals surface area contributed by atoms with Crippen molar-refractivity contribution in [3.63, 3.8) is 0 Å². The summed E-state index contributed by atoms with van der Waals surface area (Å²) in [5.41, 5.74) is 0.776. The van der Waals surface area contributed by atoms with Crippen LogP contribution in [0.15, 0.2) is 12.3 Å². The molecule has 1 unspecified atom stereocenters. The van der Waals surface area contributed by atoms with Crippen molar-refractivity contribution >= 4 is 11.9 Å². The minimum Gasteiger partial charge on any atom is -0.480 e. The van der Waals surface area contributed by atoms with E-state index in [4.69, 9.17) is 5.11 Å². The highest BCUT2D eigenvalue weighted by atomic mass is 16.4. The summed E-state index contributed by atoms with van der Waals surface area (Å²) >= 11 is 0. The Kier molecular flexibility index (Phi) is 3.46. The summed E-state index contributed by atoms with van der Waals surface area (Å²) in [5, 5.41) is 13.7. The zero-order valence-electron chi connectivity index (χ0n) is 11.4. The van der Waals surface area contributed by atoms with E-state index >= 15 is 0 Å². The summed E-state index contributed by atoms with van der Waals surface area (Å²) in [6.07, 6.45) is 7.46. The number of carboxylic acids is 1. The van der Waals surface area contributed by atoms with E-state index in [0.29, 0.717) is 25.4 Å². The lowest BCUT2D eigenvalue weighted by molar-refractivity contribution is -0.146. The first-order valence-corrected chi connectivity index (χ1v) is 7.21. The van der Waals surface area contributed by atoms with Gasteiger partial charge in [-0.15, -0.1) is 0 Å². The molecule has 1 aromatic heterocycles. The van der Waals surface area contributed by atoms with Gasteiger partial charge in [-0.2, -0.15) is 5.10 Å². The first kappa shape index (κ1) is 13.1. The number of carbonyl (C=O) groups excluding carboxylic acids is 1. The van der Waals surface area contributed by atoms with Crippen LogP contribution >= 0.6 is 0 Å². The molecule has 2 fully saturated rings. The number of carbonyl (C=O) groups is 2. The molecular formula is C14H19N3O3. The smallest absolute Gasteiger partial charge is 0.326 e. The fraction of sp³-hybridized carbons (Fsp3) is 0.643. The summed E-state index contributed by atoms with van der Waals surface area (Å²) in [6, 6.07) is 1.66. The molecule has 1 atom stereocenters. The van der Waals surface area contributed by atoms with E-state index in [1.54, 1.807) is 0 Å². The van der Waals surface area contributed by atoms with Crippen LogP contribution in [0.5, 0.6) is 0 Å². The number of rotatable bonds is 4. The second-order valence-electron chi connectivity index (χ2n) is 5.64. The molecule has 2 aliphatic rings. The molecular weight excluding hydrogens is 258 g/mol. The van der Waals surface area contributed by atoms with Crippen molar-refractivity contribution in [3.8, 4) is 0 Å². The molecule has 0 aromatic carbocycles. The van der Waals surface area contributed by atoms with Gasteiger partial charge >= 0.3 is 5.97 Å². The number of nitrogens with zero attached hydrogens (tertiary/aromatic N) is 3.